The summed E-state index contributed by atoms with van der Waals surface area (Å²) in [5.41, 5.74) is -0.0715. The summed E-state index contributed by atoms with van der Waals surface area (Å²) in [6.07, 6.45) is -4.16. The number of rotatable bonds is 8. The highest BCUT2D eigenvalue weighted by molar-refractivity contribution is 5.90. The Kier molecular flexibility index (Phi) is 11.5. The maximum absolute atomic E-state index is 13.7. The second-order valence-electron chi connectivity index (χ2n) is 14.7. The van der Waals surface area contributed by atoms with E-state index in [0.717, 1.165) is 12.1 Å². The quantitative estimate of drug-likeness (QED) is 0.148. The van der Waals surface area contributed by atoms with Crippen LogP contribution in [-0.4, -0.2) is 75.2 Å². The third kappa shape index (κ3) is 8.66. The molecule has 12 nitrogen and oxygen atoms in total. The number of nitrogens with zero attached hydrogens (tertiary/aromatic N) is 11. The summed E-state index contributed by atoms with van der Waals surface area (Å²) in [6, 6.07) is 18.8. The van der Waals surface area contributed by atoms with Crippen LogP contribution in [0.2, 0.25) is 0 Å². The summed E-state index contributed by atoms with van der Waals surface area (Å²) in [5.74, 6) is 1.99. The molecule has 0 atom stereocenters. The zero-order valence-corrected chi connectivity index (χ0v) is 33.2. The van der Waals surface area contributed by atoms with Gasteiger partial charge in [-0.1, -0.05) is 24.3 Å². The molecule has 18 heteroatoms. The molecule has 2 aromatic carbocycles. The molecule has 0 bridgehead atoms. The molecule has 2 saturated heterocycles. The van der Waals surface area contributed by atoms with Gasteiger partial charge in [0.15, 0.2) is 22.9 Å². The first kappa shape index (κ1) is 41.0. The fraction of sp³-hybridized carbons (Fsp3) is 0.366. The van der Waals surface area contributed by atoms with Crippen molar-refractivity contribution in [2.75, 3.05) is 63.5 Å². The fourth-order valence-electron chi connectivity index (χ4n) is 7.03. The number of hydrogen-bond donors (Lipinski definition) is 1. The molecule has 310 valence electrons. The van der Waals surface area contributed by atoms with E-state index >= 15 is 0 Å². The van der Waals surface area contributed by atoms with Crippen LogP contribution in [0.25, 0.3) is 22.1 Å². The largest absolute Gasteiger partial charge is 0.418 e. The van der Waals surface area contributed by atoms with Crippen molar-refractivity contribution in [1.82, 2.24) is 29.9 Å². The minimum absolute atomic E-state index is 0.102. The van der Waals surface area contributed by atoms with Crippen LogP contribution in [0.15, 0.2) is 85.2 Å². The van der Waals surface area contributed by atoms with E-state index in [0.29, 0.717) is 84.6 Å². The molecule has 6 aromatic rings. The highest BCUT2D eigenvalue weighted by atomic mass is 19.4. The summed E-state index contributed by atoms with van der Waals surface area (Å²) < 4.78 is 81.8. The Balaban J connectivity index is 0.000000179. The number of anilines is 6. The van der Waals surface area contributed by atoms with Crippen molar-refractivity contribution < 1.29 is 26.3 Å². The maximum Gasteiger partial charge on any atom is 0.418 e. The number of benzene rings is 2. The van der Waals surface area contributed by atoms with Crippen LogP contribution in [0.5, 0.6) is 0 Å². The number of aromatic nitrogens is 6. The topological polar surface area (TPSA) is 106 Å². The molecular formula is C41H44F6N12. The molecule has 4 aromatic heterocycles. The highest BCUT2D eigenvalue weighted by Crippen LogP contribution is 2.41. The summed E-state index contributed by atoms with van der Waals surface area (Å²) in [6.45, 7) is 10.0. The van der Waals surface area contributed by atoms with Crippen molar-refractivity contribution in [3.63, 3.8) is 0 Å². The molecule has 0 amide bonds. The third-order valence-electron chi connectivity index (χ3n) is 9.92. The predicted molar refractivity (Wildman–Crippen MR) is 218 cm³/mol. The average Bonchev–Trinajstić information content (AvgIpc) is 3.90. The van der Waals surface area contributed by atoms with E-state index in [9.17, 15) is 26.3 Å². The van der Waals surface area contributed by atoms with Crippen LogP contribution in [0, 0.1) is 0 Å². The van der Waals surface area contributed by atoms with Crippen molar-refractivity contribution in [3.05, 3.63) is 96.3 Å². The lowest BCUT2D eigenvalue weighted by molar-refractivity contribution is -0.138. The molecule has 2 fully saturated rings. The number of halogens is 6. The number of nitrogens with one attached hydrogen (secondary N) is 1. The number of alkyl halides is 6. The summed E-state index contributed by atoms with van der Waals surface area (Å²) >= 11 is 0. The van der Waals surface area contributed by atoms with Crippen molar-refractivity contribution in [3.8, 4) is 0 Å². The Morgan fingerprint density at radius 3 is 1.51 bits per heavy atom. The van der Waals surface area contributed by atoms with Gasteiger partial charge in [0.05, 0.1) is 33.3 Å². The van der Waals surface area contributed by atoms with Gasteiger partial charge in [0.25, 0.3) is 0 Å². The second-order valence-corrected chi connectivity index (χ2v) is 14.7. The van der Waals surface area contributed by atoms with Gasteiger partial charge in [0.2, 0.25) is 11.9 Å². The van der Waals surface area contributed by atoms with Gasteiger partial charge in [0, 0.05) is 57.7 Å². The highest BCUT2D eigenvalue weighted by Gasteiger charge is 2.39. The lowest BCUT2D eigenvalue weighted by Gasteiger charge is -2.33. The first-order valence-electron chi connectivity index (χ1n) is 19.3. The molecular weight excluding hydrogens is 775 g/mol. The van der Waals surface area contributed by atoms with Crippen LogP contribution in [0.1, 0.15) is 51.7 Å². The normalized spacial score (nSPS) is 14.8. The van der Waals surface area contributed by atoms with Crippen LogP contribution in [-0.2, 0) is 12.4 Å². The molecule has 8 rings (SSSR count). The van der Waals surface area contributed by atoms with Gasteiger partial charge >= 0.3 is 12.4 Å². The zero-order chi connectivity index (χ0) is 42.1. The summed E-state index contributed by atoms with van der Waals surface area (Å²) in [7, 11) is 1.89. The molecule has 0 radical (unpaired) electrons. The molecule has 0 aliphatic carbocycles. The minimum atomic E-state index is -4.44. The SMILES string of the molecule is CC(C)N(C)c1nc(N2CCCN2c2ccccc2C(F)(F)F)c2cccnc2n1.CC(C)Nc1nc(N2CCCN2c2ccccc2C(F)(F)F)c2cccnc2n1. The molecule has 0 unspecified atom stereocenters. The van der Waals surface area contributed by atoms with Crippen LogP contribution in [0.4, 0.5) is 61.2 Å². The standard InChI is InChI=1S/C21H23F3N6.C20H21F3N6/c1-14(2)28(3)20-26-18-15(8-6-11-25-18)19(27-20)30-13-7-12-29(30)17-10-5-4-9-16(17)21(22,23)24;1-13(2)25-19-26-17-14(7-5-10-24-17)18(27-19)29-12-6-11-28(29)16-9-4-3-8-15(16)20(21,22)23/h4-6,8-11,14H,7,12-13H2,1-3H3;3-5,7-10,13H,6,11-12H2,1-2H3,(H,24,25,26,27). The van der Waals surface area contributed by atoms with Gasteiger partial charge in [0.1, 0.15) is 0 Å². The van der Waals surface area contributed by atoms with E-state index in [2.05, 4.69) is 30.2 Å². The average molecular weight is 819 g/mol. The van der Waals surface area contributed by atoms with E-state index in [1.807, 2.05) is 56.8 Å². The van der Waals surface area contributed by atoms with Gasteiger partial charge in [-0.05, 0) is 89.1 Å². The molecule has 6 heterocycles. The first-order valence-corrected chi connectivity index (χ1v) is 19.3. The Bertz CT molecular complexity index is 2410. The van der Waals surface area contributed by atoms with Crippen molar-refractivity contribution in [2.24, 2.45) is 0 Å². The first-order chi connectivity index (χ1) is 28.1. The van der Waals surface area contributed by atoms with Crippen molar-refractivity contribution in [1.29, 1.82) is 0 Å². The molecule has 59 heavy (non-hydrogen) atoms. The summed E-state index contributed by atoms with van der Waals surface area (Å²) in [5, 5.41) is 11.5. The summed E-state index contributed by atoms with van der Waals surface area (Å²) in [4.78, 5) is 29.0. The van der Waals surface area contributed by atoms with Gasteiger partial charge in [-0.3, -0.25) is 20.0 Å². The number of para-hydroxylation sites is 2. The lowest BCUT2D eigenvalue weighted by Crippen LogP contribution is -2.39. The molecule has 0 saturated carbocycles. The van der Waals surface area contributed by atoms with Crippen molar-refractivity contribution >= 4 is 57.0 Å². The van der Waals surface area contributed by atoms with E-state index in [1.54, 1.807) is 51.7 Å². The Morgan fingerprint density at radius 2 is 1.03 bits per heavy atom. The number of hydrazine groups is 2. The van der Waals surface area contributed by atoms with E-state index < -0.39 is 23.5 Å². The number of fused-ring (bicyclic) bond motifs is 2. The van der Waals surface area contributed by atoms with E-state index in [1.165, 1.54) is 24.3 Å². The van der Waals surface area contributed by atoms with Crippen molar-refractivity contribution in [2.45, 2.75) is 65.0 Å². The van der Waals surface area contributed by atoms with Gasteiger partial charge in [-0.25, -0.2) is 9.97 Å². The van der Waals surface area contributed by atoms with E-state index in [4.69, 9.17) is 4.98 Å². The predicted octanol–water partition coefficient (Wildman–Crippen LogP) is 9.02. The monoisotopic (exact) mass is 818 g/mol. The van der Waals surface area contributed by atoms with Crippen LogP contribution in [0.3, 0.4) is 0 Å². The zero-order valence-electron chi connectivity index (χ0n) is 33.2. The Hall–Kier alpha value is -6.20. The Labute approximate surface area is 337 Å². The Morgan fingerprint density at radius 1 is 0.576 bits per heavy atom. The molecule has 2 aliphatic heterocycles. The van der Waals surface area contributed by atoms with Crippen LogP contribution >= 0.6 is 0 Å². The smallest absolute Gasteiger partial charge is 0.352 e. The van der Waals surface area contributed by atoms with E-state index in [-0.39, 0.29) is 23.5 Å². The van der Waals surface area contributed by atoms with Gasteiger partial charge in [-0.2, -0.15) is 46.3 Å². The van der Waals surface area contributed by atoms with Crippen LogP contribution < -0.4 is 30.3 Å². The maximum atomic E-state index is 13.7. The lowest BCUT2D eigenvalue weighted by atomic mass is 10.1. The third-order valence-corrected chi connectivity index (χ3v) is 9.92. The molecule has 0 spiro atoms. The molecule has 2 aliphatic rings. The number of hydrogen-bond acceptors (Lipinski definition) is 12. The minimum Gasteiger partial charge on any atom is -0.352 e. The second kappa shape index (κ2) is 16.6. The van der Waals surface area contributed by atoms with Gasteiger partial charge in [-0.15, -0.1) is 0 Å². The fourth-order valence-corrected chi connectivity index (χ4v) is 7.03. The number of pyridine rings is 2. The molecule has 1 N–H and O–H groups in total. The van der Waals surface area contributed by atoms with Gasteiger partial charge < -0.3 is 10.2 Å².